The van der Waals surface area contributed by atoms with Gasteiger partial charge in [0, 0.05) is 28.7 Å². The summed E-state index contributed by atoms with van der Waals surface area (Å²) >= 11 is 1.55. The molecule has 1 fully saturated rings. The lowest BCUT2D eigenvalue weighted by molar-refractivity contribution is -0.126. The van der Waals surface area contributed by atoms with Crippen molar-refractivity contribution in [3.63, 3.8) is 0 Å². The largest absolute Gasteiger partial charge is 0.351 e. The van der Waals surface area contributed by atoms with Crippen LogP contribution >= 0.6 is 11.3 Å². The van der Waals surface area contributed by atoms with Crippen molar-refractivity contribution in [3.05, 3.63) is 94.9 Å². The number of nitrogens with zero attached hydrogens (tertiary/aromatic N) is 2. The molecule has 0 saturated heterocycles. The molecule has 0 radical (unpaired) electrons. The number of amides is 2. The molecule has 1 N–H and O–H groups in total. The second-order valence-corrected chi connectivity index (χ2v) is 9.72. The van der Waals surface area contributed by atoms with Gasteiger partial charge in [-0.25, -0.2) is 0 Å². The van der Waals surface area contributed by atoms with Gasteiger partial charge in [-0.2, -0.15) is 0 Å². The Bertz CT molecular complexity index is 1260. The Hall–Kier alpha value is -3.51. The zero-order valence-electron chi connectivity index (χ0n) is 18.9. The number of fused-ring (bicyclic) bond motifs is 1. The summed E-state index contributed by atoms with van der Waals surface area (Å²) in [7, 11) is 0. The van der Waals surface area contributed by atoms with Crippen LogP contribution in [0.25, 0.3) is 10.8 Å². The van der Waals surface area contributed by atoms with E-state index in [2.05, 4.69) is 10.3 Å². The van der Waals surface area contributed by atoms with Crippen LogP contribution in [0.4, 0.5) is 5.69 Å². The first-order valence-corrected chi connectivity index (χ1v) is 12.6. The number of nitrogens with one attached hydrogen (secondary N) is 1. The number of hydrogen-bond acceptors (Lipinski definition) is 4. The second-order valence-electron chi connectivity index (χ2n) is 8.69. The van der Waals surface area contributed by atoms with Gasteiger partial charge in [-0.3, -0.25) is 19.5 Å². The number of aromatic nitrogens is 1. The Morgan fingerprint density at radius 1 is 0.971 bits per heavy atom. The maximum absolute atomic E-state index is 13.9. The van der Waals surface area contributed by atoms with Gasteiger partial charge in [-0.05, 0) is 53.4 Å². The molecule has 0 unspecified atom stereocenters. The summed E-state index contributed by atoms with van der Waals surface area (Å²) in [4.78, 5) is 34.6. The molecule has 34 heavy (non-hydrogen) atoms. The molecule has 2 aromatic carbocycles. The van der Waals surface area contributed by atoms with Crippen molar-refractivity contribution in [3.8, 4) is 0 Å². The third kappa shape index (κ3) is 4.73. The fraction of sp³-hybridized carbons (Fsp3) is 0.250. The lowest BCUT2D eigenvalue weighted by Crippen LogP contribution is -2.47. The monoisotopic (exact) mass is 469 g/mol. The van der Waals surface area contributed by atoms with E-state index in [0.717, 1.165) is 52.6 Å². The molecule has 2 amide bonds. The van der Waals surface area contributed by atoms with E-state index in [1.807, 2.05) is 72.1 Å². The van der Waals surface area contributed by atoms with Gasteiger partial charge in [-0.1, -0.05) is 55.3 Å². The predicted octanol–water partition coefficient (Wildman–Crippen LogP) is 5.67. The molecule has 2 aromatic heterocycles. The van der Waals surface area contributed by atoms with Crippen LogP contribution in [0.5, 0.6) is 0 Å². The molecule has 172 valence electrons. The van der Waals surface area contributed by atoms with Crippen LogP contribution in [0.2, 0.25) is 0 Å². The summed E-state index contributed by atoms with van der Waals surface area (Å²) in [6.07, 6.45) is 7.79. The number of anilines is 1. The van der Waals surface area contributed by atoms with E-state index in [0.29, 0.717) is 0 Å². The number of rotatable bonds is 7. The molecule has 0 bridgehead atoms. The molecule has 1 aliphatic carbocycles. The van der Waals surface area contributed by atoms with E-state index in [1.54, 1.807) is 28.6 Å². The van der Waals surface area contributed by atoms with Gasteiger partial charge in [0.2, 0.25) is 11.8 Å². The first-order valence-electron chi connectivity index (χ1n) is 11.7. The Morgan fingerprint density at radius 2 is 1.74 bits per heavy atom. The van der Waals surface area contributed by atoms with Gasteiger partial charge in [-0.15, -0.1) is 11.3 Å². The van der Waals surface area contributed by atoms with Gasteiger partial charge in [0.1, 0.15) is 6.04 Å². The molecule has 5 nitrogen and oxygen atoms in total. The average molecular weight is 470 g/mol. The fourth-order valence-corrected chi connectivity index (χ4v) is 5.49. The quantitative estimate of drug-likeness (QED) is 0.379. The summed E-state index contributed by atoms with van der Waals surface area (Å²) in [5, 5.41) is 7.18. The second kappa shape index (κ2) is 10.2. The SMILES string of the molecule is O=C(NC1CCCC1)[C@H](c1ccncc1)N(C(=O)Cc1cccs1)c1cccc2ccccc12. The van der Waals surface area contributed by atoms with E-state index in [9.17, 15) is 9.59 Å². The van der Waals surface area contributed by atoms with Crippen molar-refractivity contribution in [1.82, 2.24) is 10.3 Å². The topological polar surface area (TPSA) is 62.3 Å². The molecular weight excluding hydrogens is 442 g/mol. The summed E-state index contributed by atoms with van der Waals surface area (Å²) in [5.74, 6) is -0.257. The summed E-state index contributed by atoms with van der Waals surface area (Å²) in [6.45, 7) is 0. The summed E-state index contributed by atoms with van der Waals surface area (Å²) in [6, 6.07) is 20.8. The van der Waals surface area contributed by atoms with Crippen LogP contribution in [0.1, 0.15) is 42.2 Å². The fourth-order valence-electron chi connectivity index (χ4n) is 4.80. The summed E-state index contributed by atoms with van der Waals surface area (Å²) < 4.78 is 0. The Morgan fingerprint density at radius 3 is 2.50 bits per heavy atom. The lowest BCUT2D eigenvalue weighted by atomic mass is 10.0. The highest BCUT2D eigenvalue weighted by Gasteiger charge is 2.35. The van der Waals surface area contributed by atoms with Gasteiger partial charge in [0.25, 0.3) is 0 Å². The minimum absolute atomic E-state index is 0.109. The maximum atomic E-state index is 13.9. The van der Waals surface area contributed by atoms with Crippen LogP contribution in [0.3, 0.4) is 0 Å². The highest BCUT2D eigenvalue weighted by Crippen LogP contribution is 2.35. The van der Waals surface area contributed by atoms with Crippen molar-refractivity contribution in [2.24, 2.45) is 0 Å². The number of hydrogen-bond donors (Lipinski definition) is 1. The molecule has 6 heteroatoms. The van der Waals surface area contributed by atoms with Gasteiger partial charge < -0.3 is 5.32 Å². The molecular formula is C28H27N3O2S. The number of benzene rings is 2. The van der Waals surface area contributed by atoms with Crippen molar-refractivity contribution in [2.75, 3.05) is 4.90 Å². The number of carbonyl (C=O) groups excluding carboxylic acids is 2. The molecule has 0 aliphatic heterocycles. The molecule has 5 rings (SSSR count). The normalized spacial score (nSPS) is 14.7. The van der Waals surface area contributed by atoms with Crippen LogP contribution < -0.4 is 10.2 Å². The van der Waals surface area contributed by atoms with Crippen LogP contribution in [-0.4, -0.2) is 22.8 Å². The van der Waals surface area contributed by atoms with E-state index in [4.69, 9.17) is 0 Å². The zero-order valence-corrected chi connectivity index (χ0v) is 19.7. The number of pyridine rings is 1. The van der Waals surface area contributed by atoms with Crippen LogP contribution in [0, 0.1) is 0 Å². The van der Waals surface area contributed by atoms with E-state index < -0.39 is 6.04 Å². The lowest BCUT2D eigenvalue weighted by Gasteiger charge is -2.33. The van der Waals surface area contributed by atoms with Gasteiger partial charge >= 0.3 is 0 Å². The minimum atomic E-state index is -0.790. The Labute approximate surface area is 203 Å². The smallest absolute Gasteiger partial charge is 0.248 e. The Balaban J connectivity index is 1.63. The van der Waals surface area contributed by atoms with Crippen molar-refractivity contribution >= 4 is 39.6 Å². The molecule has 0 spiro atoms. The third-order valence-corrected chi connectivity index (χ3v) is 7.31. The highest BCUT2D eigenvalue weighted by molar-refractivity contribution is 7.10. The summed E-state index contributed by atoms with van der Waals surface area (Å²) in [5.41, 5.74) is 1.49. The Kier molecular flexibility index (Phi) is 6.67. The molecule has 4 aromatic rings. The molecule has 2 heterocycles. The number of thiophene rings is 1. The third-order valence-electron chi connectivity index (χ3n) is 6.43. The first-order chi connectivity index (χ1) is 16.7. The highest BCUT2D eigenvalue weighted by atomic mass is 32.1. The van der Waals surface area contributed by atoms with Crippen molar-refractivity contribution in [2.45, 2.75) is 44.2 Å². The number of carbonyl (C=O) groups is 2. The van der Waals surface area contributed by atoms with E-state index in [1.165, 1.54) is 0 Å². The standard InChI is InChI=1S/C28H27N3O2S/c32-26(19-23-11-6-18-34-23)31(25-13-5-8-20-7-1-4-12-24(20)25)27(21-14-16-29-17-15-21)28(33)30-22-9-2-3-10-22/h1,4-8,11-18,22,27H,2-3,9-10,19H2,(H,30,33)/t27-/m0/s1. The van der Waals surface area contributed by atoms with E-state index in [-0.39, 0.29) is 24.3 Å². The molecule has 1 saturated carbocycles. The molecule has 1 atom stereocenters. The predicted molar refractivity (Wildman–Crippen MR) is 137 cm³/mol. The van der Waals surface area contributed by atoms with Crippen LogP contribution in [-0.2, 0) is 16.0 Å². The first kappa shape index (κ1) is 22.3. The van der Waals surface area contributed by atoms with Crippen molar-refractivity contribution in [1.29, 1.82) is 0 Å². The van der Waals surface area contributed by atoms with Gasteiger partial charge in [0.05, 0.1) is 12.1 Å². The van der Waals surface area contributed by atoms with Crippen molar-refractivity contribution < 1.29 is 9.59 Å². The zero-order chi connectivity index (χ0) is 23.3. The molecule has 1 aliphatic rings. The maximum Gasteiger partial charge on any atom is 0.248 e. The van der Waals surface area contributed by atoms with Crippen LogP contribution in [0.15, 0.2) is 84.5 Å². The minimum Gasteiger partial charge on any atom is -0.351 e. The van der Waals surface area contributed by atoms with Gasteiger partial charge in [0.15, 0.2) is 0 Å². The van der Waals surface area contributed by atoms with E-state index >= 15 is 0 Å². The average Bonchev–Trinajstić information content (AvgIpc) is 3.57.